The first-order valence-electron chi connectivity index (χ1n) is 8.67. The van der Waals surface area contributed by atoms with Crippen molar-refractivity contribution in [2.45, 2.75) is 46.6 Å². The summed E-state index contributed by atoms with van der Waals surface area (Å²) in [6, 6.07) is -0.900. The largest absolute Gasteiger partial charge is 0.467 e. The molecule has 24 heavy (non-hydrogen) atoms. The van der Waals surface area contributed by atoms with Crippen molar-refractivity contribution < 1.29 is 19.1 Å². The molecular weight excluding hydrogens is 310 g/mol. The van der Waals surface area contributed by atoms with Gasteiger partial charge in [0.2, 0.25) is 5.91 Å². The van der Waals surface area contributed by atoms with Gasteiger partial charge in [0.05, 0.1) is 7.11 Å². The number of likely N-dealkylation sites (tertiary alicyclic amines) is 1. The lowest BCUT2D eigenvalue weighted by atomic mass is 9.98. The van der Waals surface area contributed by atoms with E-state index in [1.165, 1.54) is 7.11 Å². The summed E-state index contributed by atoms with van der Waals surface area (Å²) in [5.74, 6) is -0.256. The fourth-order valence-corrected chi connectivity index (χ4v) is 2.71. The van der Waals surface area contributed by atoms with Gasteiger partial charge in [-0.05, 0) is 24.7 Å². The van der Waals surface area contributed by atoms with Gasteiger partial charge in [0.15, 0.2) is 0 Å². The SMILES string of the molecule is COC(=O)[C@@H](NC(=O)N1CCC[C@@H](CNC(=O)C(C)C)C1)C(C)C. The Morgan fingerprint density at radius 2 is 1.88 bits per heavy atom. The molecule has 0 unspecified atom stereocenters. The van der Waals surface area contributed by atoms with Crippen molar-refractivity contribution in [1.82, 2.24) is 15.5 Å². The van der Waals surface area contributed by atoms with Crippen LogP contribution in [0.25, 0.3) is 0 Å². The average Bonchev–Trinajstić information content (AvgIpc) is 2.56. The zero-order valence-electron chi connectivity index (χ0n) is 15.4. The van der Waals surface area contributed by atoms with Crippen LogP contribution in [0.2, 0.25) is 0 Å². The highest BCUT2D eigenvalue weighted by molar-refractivity contribution is 5.83. The van der Waals surface area contributed by atoms with Gasteiger partial charge in [-0.25, -0.2) is 9.59 Å². The van der Waals surface area contributed by atoms with Crippen LogP contribution in [0.15, 0.2) is 0 Å². The van der Waals surface area contributed by atoms with E-state index in [0.29, 0.717) is 19.6 Å². The second kappa shape index (κ2) is 9.49. The quantitative estimate of drug-likeness (QED) is 0.715. The smallest absolute Gasteiger partial charge is 0.328 e. The number of hydrogen-bond donors (Lipinski definition) is 2. The van der Waals surface area contributed by atoms with Gasteiger partial charge < -0.3 is 20.3 Å². The van der Waals surface area contributed by atoms with Crippen LogP contribution in [0, 0.1) is 17.8 Å². The van der Waals surface area contributed by atoms with Crippen LogP contribution in [0.1, 0.15) is 40.5 Å². The highest BCUT2D eigenvalue weighted by Crippen LogP contribution is 2.16. The van der Waals surface area contributed by atoms with Crippen LogP contribution in [0.5, 0.6) is 0 Å². The highest BCUT2D eigenvalue weighted by atomic mass is 16.5. The number of nitrogens with zero attached hydrogens (tertiary/aromatic N) is 1. The summed E-state index contributed by atoms with van der Waals surface area (Å²) in [5, 5.41) is 5.69. The topological polar surface area (TPSA) is 87.7 Å². The third-order valence-corrected chi connectivity index (χ3v) is 4.30. The van der Waals surface area contributed by atoms with Crippen molar-refractivity contribution in [2.24, 2.45) is 17.8 Å². The normalized spacial score (nSPS) is 19.1. The molecule has 0 radical (unpaired) electrons. The lowest BCUT2D eigenvalue weighted by Gasteiger charge is -2.34. The summed E-state index contributed by atoms with van der Waals surface area (Å²) in [6.45, 7) is 9.25. The van der Waals surface area contributed by atoms with Gasteiger partial charge in [-0.15, -0.1) is 0 Å². The van der Waals surface area contributed by atoms with Gasteiger partial charge in [-0.1, -0.05) is 27.7 Å². The number of carbonyl (C=O) groups is 3. The van der Waals surface area contributed by atoms with E-state index in [9.17, 15) is 14.4 Å². The standard InChI is InChI=1S/C17H31N3O4/c1-11(2)14(16(22)24-5)19-17(23)20-8-6-7-13(10-20)9-18-15(21)12(3)4/h11-14H,6-10H2,1-5H3,(H,18,21)(H,19,23)/t13-,14-/m0/s1. The minimum atomic E-state index is -0.650. The molecule has 1 heterocycles. The van der Waals surface area contributed by atoms with E-state index in [4.69, 9.17) is 4.74 Å². The predicted molar refractivity (Wildman–Crippen MR) is 91.3 cm³/mol. The Bertz CT molecular complexity index is 451. The molecule has 0 aromatic heterocycles. The predicted octanol–water partition coefficient (Wildman–Crippen LogP) is 1.38. The third kappa shape index (κ3) is 6.02. The van der Waals surface area contributed by atoms with Gasteiger partial charge in [-0.2, -0.15) is 0 Å². The van der Waals surface area contributed by atoms with Crippen molar-refractivity contribution in [3.63, 3.8) is 0 Å². The number of rotatable bonds is 6. The number of carbonyl (C=O) groups excluding carboxylic acids is 3. The van der Waals surface area contributed by atoms with Crippen molar-refractivity contribution in [2.75, 3.05) is 26.7 Å². The minimum Gasteiger partial charge on any atom is -0.467 e. The zero-order valence-corrected chi connectivity index (χ0v) is 15.4. The Kier molecular flexibility index (Phi) is 8.01. The van der Waals surface area contributed by atoms with Gasteiger partial charge in [0.25, 0.3) is 0 Å². The molecular formula is C17H31N3O4. The Hall–Kier alpha value is -1.79. The summed E-state index contributed by atoms with van der Waals surface area (Å²) >= 11 is 0. The van der Waals surface area contributed by atoms with Crippen LogP contribution in [-0.4, -0.2) is 55.6 Å². The zero-order chi connectivity index (χ0) is 18.3. The molecule has 0 spiro atoms. The maximum atomic E-state index is 12.4. The summed E-state index contributed by atoms with van der Waals surface area (Å²) in [7, 11) is 1.32. The number of methoxy groups -OCH3 is 1. The van der Waals surface area contributed by atoms with E-state index in [2.05, 4.69) is 10.6 Å². The number of esters is 1. The molecule has 1 aliphatic rings. The molecule has 138 valence electrons. The number of hydrogen-bond acceptors (Lipinski definition) is 4. The molecule has 0 aromatic rings. The number of piperidine rings is 1. The van der Waals surface area contributed by atoms with Crippen LogP contribution >= 0.6 is 0 Å². The van der Waals surface area contributed by atoms with Gasteiger partial charge >= 0.3 is 12.0 Å². The minimum absolute atomic E-state index is 0.0298. The molecule has 3 amide bonds. The molecule has 7 nitrogen and oxygen atoms in total. The number of urea groups is 1. The molecule has 7 heteroatoms. The van der Waals surface area contributed by atoms with Crippen LogP contribution in [0.3, 0.4) is 0 Å². The van der Waals surface area contributed by atoms with Crippen LogP contribution < -0.4 is 10.6 Å². The first-order chi connectivity index (χ1) is 11.3. The second-order valence-corrected chi connectivity index (χ2v) is 7.05. The van der Waals surface area contributed by atoms with Crippen LogP contribution in [0.4, 0.5) is 4.79 Å². The van der Waals surface area contributed by atoms with Crippen molar-refractivity contribution >= 4 is 17.9 Å². The average molecular weight is 341 g/mol. The first-order valence-corrected chi connectivity index (χ1v) is 8.67. The molecule has 2 atom stereocenters. The van der Waals surface area contributed by atoms with E-state index in [-0.39, 0.29) is 29.7 Å². The van der Waals surface area contributed by atoms with Gasteiger partial charge in [0.1, 0.15) is 6.04 Å². The maximum absolute atomic E-state index is 12.4. The molecule has 0 aliphatic carbocycles. The van der Waals surface area contributed by atoms with E-state index in [0.717, 1.165) is 12.8 Å². The van der Waals surface area contributed by atoms with Crippen molar-refractivity contribution in [3.8, 4) is 0 Å². The molecule has 0 bridgehead atoms. The molecule has 1 rings (SSSR count). The van der Waals surface area contributed by atoms with E-state index in [1.807, 2.05) is 27.7 Å². The second-order valence-electron chi connectivity index (χ2n) is 7.05. The van der Waals surface area contributed by atoms with Crippen molar-refractivity contribution in [1.29, 1.82) is 0 Å². The molecule has 1 fully saturated rings. The molecule has 1 saturated heterocycles. The maximum Gasteiger partial charge on any atom is 0.328 e. The highest BCUT2D eigenvalue weighted by Gasteiger charge is 2.29. The van der Waals surface area contributed by atoms with Crippen molar-refractivity contribution in [3.05, 3.63) is 0 Å². The lowest BCUT2D eigenvalue weighted by Crippen LogP contribution is -2.53. The summed E-state index contributed by atoms with van der Waals surface area (Å²) in [5.41, 5.74) is 0. The fraction of sp³-hybridized carbons (Fsp3) is 0.824. The number of ether oxygens (including phenoxy) is 1. The monoisotopic (exact) mass is 341 g/mol. The summed E-state index contributed by atoms with van der Waals surface area (Å²) in [6.07, 6.45) is 1.87. The summed E-state index contributed by atoms with van der Waals surface area (Å²) < 4.78 is 4.75. The van der Waals surface area contributed by atoms with E-state index < -0.39 is 12.0 Å². The molecule has 1 aliphatic heterocycles. The molecule has 0 saturated carbocycles. The Balaban J connectivity index is 2.55. The number of amides is 3. The fourth-order valence-electron chi connectivity index (χ4n) is 2.71. The number of nitrogens with one attached hydrogen (secondary N) is 2. The van der Waals surface area contributed by atoms with Crippen LogP contribution in [-0.2, 0) is 14.3 Å². The van der Waals surface area contributed by atoms with Gasteiger partial charge in [0, 0.05) is 25.6 Å². The molecule has 0 aromatic carbocycles. The third-order valence-electron chi connectivity index (χ3n) is 4.30. The van der Waals surface area contributed by atoms with E-state index in [1.54, 1.807) is 4.90 Å². The molecule has 2 N–H and O–H groups in total. The van der Waals surface area contributed by atoms with Gasteiger partial charge in [-0.3, -0.25) is 4.79 Å². The Labute approximate surface area is 144 Å². The summed E-state index contributed by atoms with van der Waals surface area (Å²) in [4.78, 5) is 37.6. The Morgan fingerprint density at radius 3 is 2.42 bits per heavy atom. The lowest BCUT2D eigenvalue weighted by molar-refractivity contribution is -0.144. The first kappa shape index (κ1) is 20.3. The Morgan fingerprint density at radius 1 is 1.21 bits per heavy atom. The van der Waals surface area contributed by atoms with E-state index >= 15 is 0 Å².